The van der Waals surface area contributed by atoms with E-state index in [9.17, 15) is 4.79 Å². The molecule has 1 amide bonds. The number of amides is 1. The highest BCUT2D eigenvalue weighted by molar-refractivity contribution is 5.94. The van der Waals surface area contributed by atoms with Crippen LogP contribution in [0.3, 0.4) is 0 Å². The van der Waals surface area contributed by atoms with Crippen LogP contribution in [0.5, 0.6) is 0 Å². The van der Waals surface area contributed by atoms with Crippen LogP contribution in [0.15, 0.2) is 24.4 Å². The number of hydrogen-bond donors (Lipinski definition) is 1. The summed E-state index contributed by atoms with van der Waals surface area (Å²) < 4.78 is 1.99. The number of aromatic nitrogens is 2. The van der Waals surface area contributed by atoms with Crippen molar-refractivity contribution in [3.63, 3.8) is 0 Å². The van der Waals surface area contributed by atoms with Crippen LogP contribution < -0.4 is 5.32 Å². The van der Waals surface area contributed by atoms with Gasteiger partial charge in [0.05, 0.1) is 12.7 Å². The molecule has 4 heterocycles. The zero-order valence-corrected chi connectivity index (χ0v) is 12.8. The van der Waals surface area contributed by atoms with Crippen LogP contribution in [-0.2, 0) is 6.54 Å². The van der Waals surface area contributed by atoms with Crippen molar-refractivity contribution in [1.82, 2.24) is 19.6 Å². The maximum Gasteiger partial charge on any atom is 0.272 e. The van der Waals surface area contributed by atoms with Crippen LogP contribution in [0.25, 0.3) is 5.65 Å². The lowest BCUT2D eigenvalue weighted by atomic mass is 9.93. The molecule has 2 aliphatic rings. The van der Waals surface area contributed by atoms with Crippen molar-refractivity contribution >= 4 is 11.6 Å². The van der Waals surface area contributed by atoms with E-state index in [4.69, 9.17) is 0 Å². The lowest BCUT2D eigenvalue weighted by Gasteiger charge is -2.29. The minimum Gasteiger partial charge on any atom is -0.331 e. The second-order valence-corrected chi connectivity index (χ2v) is 6.42. The molecule has 4 rings (SSSR count). The SMILES string of the molecule is O=C1c2cnc3cccc(n23)CN1CCCC1CCNCC1. The molecule has 0 unspecified atom stereocenters. The van der Waals surface area contributed by atoms with Crippen molar-refractivity contribution in [3.8, 4) is 0 Å². The molecule has 0 saturated carbocycles. The Hall–Kier alpha value is -1.88. The van der Waals surface area contributed by atoms with Crippen molar-refractivity contribution in [2.75, 3.05) is 19.6 Å². The molecule has 1 saturated heterocycles. The number of rotatable bonds is 4. The summed E-state index contributed by atoms with van der Waals surface area (Å²) in [5, 5.41) is 3.41. The number of imidazole rings is 1. The molecule has 0 atom stereocenters. The second kappa shape index (κ2) is 5.72. The Morgan fingerprint density at radius 2 is 2.14 bits per heavy atom. The van der Waals surface area contributed by atoms with Crippen molar-refractivity contribution < 1.29 is 4.79 Å². The molecule has 5 heteroatoms. The molecule has 0 aromatic carbocycles. The van der Waals surface area contributed by atoms with E-state index >= 15 is 0 Å². The van der Waals surface area contributed by atoms with Gasteiger partial charge in [0.25, 0.3) is 5.91 Å². The van der Waals surface area contributed by atoms with Gasteiger partial charge in [-0.1, -0.05) is 6.07 Å². The Bertz CT molecular complexity index is 687. The van der Waals surface area contributed by atoms with Crippen LogP contribution in [0, 0.1) is 5.92 Å². The summed E-state index contributed by atoms with van der Waals surface area (Å²) in [6.07, 6.45) is 6.59. The monoisotopic (exact) mass is 298 g/mol. The van der Waals surface area contributed by atoms with E-state index in [1.807, 2.05) is 21.4 Å². The van der Waals surface area contributed by atoms with E-state index in [0.717, 1.165) is 43.3 Å². The largest absolute Gasteiger partial charge is 0.331 e. The van der Waals surface area contributed by atoms with Gasteiger partial charge >= 0.3 is 0 Å². The van der Waals surface area contributed by atoms with Gasteiger partial charge in [-0.25, -0.2) is 4.98 Å². The summed E-state index contributed by atoms with van der Waals surface area (Å²) in [6.45, 7) is 3.85. The predicted octanol–water partition coefficient (Wildman–Crippen LogP) is 2.07. The fourth-order valence-electron chi connectivity index (χ4n) is 3.73. The molecule has 5 nitrogen and oxygen atoms in total. The minimum absolute atomic E-state index is 0.122. The van der Waals surface area contributed by atoms with Gasteiger partial charge in [0.2, 0.25) is 0 Å². The molecule has 2 aliphatic heterocycles. The van der Waals surface area contributed by atoms with Gasteiger partial charge in [-0.2, -0.15) is 0 Å². The second-order valence-electron chi connectivity index (χ2n) is 6.42. The van der Waals surface area contributed by atoms with Crippen molar-refractivity contribution in [2.45, 2.75) is 32.2 Å². The smallest absolute Gasteiger partial charge is 0.272 e. The van der Waals surface area contributed by atoms with Gasteiger partial charge in [-0.3, -0.25) is 9.20 Å². The third-order valence-electron chi connectivity index (χ3n) is 4.97. The van der Waals surface area contributed by atoms with E-state index in [2.05, 4.69) is 16.4 Å². The van der Waals surface area contributed by atoms with E-state index in [-0.39, 0.29) is 5.91 Å². The molecule has 1 fully saturated rings. The zero-order chi connectivity index (χ0) is 14.9. The summed E-state index contributed by atoms with van der Waals surface area (Å²) in [5.74, 6) is 0.951. The number of piperidine rings is 1. The zero-order valence-electron chi connectivity index (χ0n) is 12.8. The first-order valence-electron chi connectivity index (χ1n) is 8.28. The summed E-state index contributed by atoms with van der Waals surface area (Å²) in [5.41, 5.74) is 2.74. The normalized spacial score (nSPS) is 19.1. The van der Waals surface area contributed by atoms with Crippen LogP contribution >= 0.6 is 0 Å². The molecule has 0 radical (unpaired) electrons. The Morgan fingerprint density at radius 3 is 3.00 bits per heavy atom. The number of carbonyl (C=O) groups excluding carboxylic acids is 1. The van der Waals surface area contributed by atoms with E-state index < -0.39 is 0 Å². The highest BCUT2D eigenvalue weighted by Gasteiger charge is 2.26. The summed E-state index contributed by atoms with van der Waals surface area (Å²) in [4.78, 5) is 18.9. The number of pyridine rings is 1. The predicted molar refractivity (Wildman–Crippen MR) is 84.8 cm³/mol. The maximum atomic E-state index is 12.6. The van der Waals surface area contributed by atoms with Gasteiger partial charge < -0.3 is 10.2 Å². The summed E-state index contributed by atoms with van der Waals surface area (Å²) >= 11 is 0. The Labute approximate surface area is 130 Å². The number of nitrogens with zero attached hydrogens (tertiary/aromatic N) is 3. The first kappa shape index (κ1) is 13.8. The van der Waals surface area contributed by atoms with Gasteiger partial charge in [0.15, 0.2) is 0 Å². The number of carbonyl (C=O) groups is 1. The lowest BCUT2D eigenvalue weighted by Crippen LogP contribution is -2.37. The molecule has 2 aromatic rings. The van der Waals surface area contributed by atoms with Crippen LogP contribution in [-0.4, -0.2) is 39.8 Å². The molecule has 1 N–H and O–H groups in total. The minimum atomic E-state index is 0.122. The molecular weight excluding hydrogens is 276 g/mol. The molecule has 22 heavy (non-hydrogen) atoms. The molecule has 2 aromatic heterocycles. The first-order valence-corrected chi connectivity index (χ1v) is 8.28. The average molecular weight is 298 g/mol. The Balaban J connectivity index is 1.42. The van der Waals surface area contributed by atoms with E-state index in [1.54, 1.807) is 6.20 Å². The Kier molecular flexibility index (Phi) is 3.58. The summed E-state index contributed by atoms with van der Waals surface area (Å²) in [7, 11) is 0. The standard InChI is InChI=1S/C17H22N4O/c22-17-15-11-19-16-5-1-4-14(21(15)16)12-20(17)10-2-3-13-6-8-18-9-7-13/h1,4-5,11,13,18H,2-3,6-10,12H2. The molecule has 0 bridgehead atoms. The van der Waals surface area contributed by atoms with Crippen molar-refractivity contribution in [1.29, 1.82) is 0 Å². The third kappa shape index (κ3) is 2.39. The van der Waals surface area contributed by atoms with Crippen LogP contribution in [0.4, 0.5) is 0 Å². The van der Waals surface area contributed by atoms with Crippen molar-refractivity contribution in [2.24, 2.45) is 5.92 Å². The fourth-order valence-corrected chi connectivity index (χ4v) is 3.73. The highest BCUT2D eigenvalue weighted by atomic mass is 16.2. The fraction of sp³-hybridized carbons (Fsp3) is 0.529. The van der Waals surface area contributed by atoms with Gasteiger partial charge in [0.1, 0.15) is 11.3 Å². The number of nitrogens with one attached hydrogen (secondary N) is 1. The highest BCUT2D eigenvalue weighted by Crippen LogP contribution is 2.22. The molecule has 116 valence electrons. The topological polar surface area (TPSA) is 49.6 Å². The number of hydrogen-bond acceptors (Lipinski definition) is 3. The third-order valence-corrected chi connectivity index (χ3v) is 4.97. The first-order chi connectivity index (χ1) is 10.8. The Morgan fingerprint density at radius 1 is 1.27 bits per heavy atom. The molecular formula is C17H22N4O. The van der Waals surface area contributed by atoms with E-state index in [0.29, 0.717) is 12.2 Å². The lowest BCUT2D eigenvalue weighted by molar-refractivity contribution is 0.0708. The quantitative estimate of drug-likeness (QED) is 0.940. The van der Waals surface area contributed by atoms with Gasteiger partial charge in [0, 0.05) is 12.2 Å². The van der Waals surface area contributed by atoms with Crippen LogP contribution in [0.2, 0.25) is 0 Å². The summed E-state index contributed by atoms with van der Waals surface area (Å²) in [6, 6.07) is 6.06. The van der Waals surface area contributed by atoms with E-state index in [1.165, 1.54) is 19.3 Å². The van der Waals surface area contributed by atoms with Crippen molar-refractivity contribution in [3.05, 3.63) is 35.8 Å². The van der Waals surface area contributed by atoms with Gasteiger partial charge in [-0.15, -0.1) is 0 Å². The maximum absolute atomic E-state index is 12.6. The average Bonchev–Trinajstić information content (AvgIpc) is 2.99. The van der Waals surface area contributed by atoms with Crippen LogP contribution in [0.1, 0.15) is 41.9 Å². The van der Waals surface area contributed by atoms with Gasteiger partial charge in [-0.05, 0) is 56.8 Å². The molecule has 0 aliphatic carbocycles. The molecule has 0 spiro atoms.